The lowest BCUT2D eigenvalue weighted by Crippen LogP contribution is -2.41. The van der Waals surface area contributed by atoms with E-state index in [4.69, 9.17) is 14.2 Å². The fourth-order valence-electron chi connectivity index (χ4n) is 4.23. The van der Waals surface area contributed by atoms with Crippen molar-refractivity contribution < 1.29 is 23.4 Å². The van der Waals surface area contributed by atoms with Crippen LogP contribution in [0, 0.1) is 24.1 Å². The number of piperidine rings is 1. The van der Waals surface area contributed by atoms with Crippen LogP contribution in [0.5, 0.6) is 17.5 Å². The minimum Gasteiger partial charge on any atom is -0.477 e. The van der Waals surface area contributed by atoms with Gasteiger partial charge in [-0.05, 0) is 63.6 Å². The predicted octanol–water partition coefficient (Wildman–Crippen LogP) is 4.91. The normalized spacial score (nSPS) is 21.8. The Morgan fingerprint density at radius 3 is 2.78 bits per heavy atom. The summed E-state index contributed by atoms with van der Waals surface area (Å²) in [6, 6.07) is 4.92. The number of ether oxygens (including phenoxy) is 3. The maximum atomic E-state index is 14.3. The smallest absolute Gasteiger partial charge is 0.410 e. The zero-order chi connectivity index (χ0) is 22.9. The predicted molar refractivity (Wildman–Crippen MR) is 116 cm³/mol. The molecule has 2 atom stereocenters. The van der Waals surface area contributed by atoms with Gasteiger partial charge in [0.25, 0.3) is 0 Å². The van der Waals surface area contributed by atoms with E-state index in [2.05, 4.69) is 9.97 Å². The SMILES string of the molecule is CCc1ccc(Oc2ncnc(OCC34CCN(C(=O)OC(C)C)CC3C4)c2C)c(F)c1. The van der Waals surface area contributed by atoms with Gasteiger partial charge in [-0.15, -0.1) is 0 Å². The first kappa shape index (κ1) is 22.3. The summed E-state index contributed by atoms with van der Waals surface area (Å²) in [6.07, 6.45) is 3.64. The molecule has 7 nitrogen and oxygen atoms in total. The Kier molecular flexibility index (Phi) is 6.22. The topological polar surface area (TPSA) is 73.8 Å². The van der Waals surface area contributed by atoms with Gasteiger partial charge in [-0.1, -0.05) is 13.0 Å². The summed E-state index contributed by atoms with van der Waals surface area (Å²) in [6.45, 7) is 9.35. The molecule has 1 amide bonds. The summed E-state index contributed by atoms with van der Waals surface area (Å²) in [5, 5.41) is 0. The molecule has 0 N–H and O–H groups in total. The molecule has 1 saturated heterocycles. The number of aromatic nitrogens is 2. The lowest BCUT2D eigenvalue weighted by atomic mass is 9.96. The number of halogens is 1. The van der Waals surface area contributed by atoms with E-state index in [1.54, 1.807) is 17.9 Å². The quantitative estimate of drug-likeness (QED) is 0.605. The van der Waals surface area contributed by atoms with Crippen molar-refractivity contribution in [1.29, 1.82) is 0 Å². The molecule has 2 unspecified atom stereocenters. The highest BCUT2D eigenvalue weighted by Gasteiger charge is 2.58. The number of hydrogen-bond donors (Lipinski definition) is 0. The number of amides is 1. The molecular weight excluding hydrogens is 413 g/mol. The number of carbonyl (C=O) groups is 1. The van der Waals surface area contributed by atoms with Crippen LogP contribution in [-0.2, 0) is 11.2 Å². The average Bonchev–Trinajstić information content (AvgIpc) is 3.49. The standard InChI is InChI=1S/C24H30FN3O4/c1-5-17-6-7-20(19(25)10-17)32-22-16(4)21(26-14-27-22)30-13-24-8-9-28(12-18(24)11-24)23(29)31-15(2)3/h6-7,10,14-15,18H,5,8-9,11-13H2,1-4H3. The van der Waals surface area contributed by atoms with Gasteiger partial charge < -0.3 is 19.1 Å². The highest BCUT2D eigenvalue weighted by molar-refractivity contribution is 5.68. The third kappa shape index (κ3) is 4.64. The third-order valence-electron chi connectivity index (χ3n) is 6.37. The van der Waals surface area contributed by atoms with Gasteiger partial charge in [0.05, 0.1) is 18.3 Å². The van der Waals surface area contributed by atoms with Gasteiger partial charge in [0, 0.05) is 18.5 Å². The lowest BCUT2D eigenvalue weighted by Gasteiger charge is -2.31. The first-order chi connectivity index (χ1) is 15.3. The Bertz CT molecular complexity index is 999. The minimum absolute atomic E-state index is 0.0646. The average molecular weight is 444 g/mol. The number of likely N-dealkylation sites (tertiary alicyclic amines) is 1. The maximum absolute atomic E-state index is 14.3. The largest absolute Gasteiger partial charge is 0.477 e. The second-order valence-corrected chi connectivity index (χ2v) is 9.01. The molecule has 0 radical (unpaired) electrons. The summed E-state index contributed by atoms with van der Waals surface area (Å²) < 4.78 is 31.4. The van der Waals surface area contributed by atoms with E-state index in [1.165, 1.54) is 12.4 Å². The Morgan fingerprint density at radius 1 is 1.31 bits per heavy atom. The third-order valence-corrected chi connectivity index (χ3v) is 6.37. The molecule has 1 aliphatic carbocycles. The second-order valence-electron chi connectivity index (χ2n) is 9.01. The van der Waals surface area contributed by atoms with Gasteiger partial charge >= 0.3 is 6.09 Å². The molecule has 32 heavy (non-hydrogen) atoms. The van der Waals surface area contributed by atoms with Gasteiger partial charge in [0.2, 0.25) is 11.8 Å². The van der Waals surface area contributed by atoms with E-state index in [0.717, 1.165) is 24.8 Å². The Morgan fingerprint density at radius 2 is 2.09 bits per heavy atom. The van der Waals surface area contributed by atoms with Crippen molar-refractivity contribution in [3.05, 3.63) is 41.5 Å². The van der Waals surface area contributed by atoms with Crippen molar-refractivity contribution in [3.8, 4) is 17.5 Å². The van der Waals surface area contributed by atoms with E-state index in [9.17, 15) is 9.18 Å². The number of fused-ring (bicyclic) bond motifs is 1. The van der Waals surface area contributed by atoms with Gasteiger partial charge in [-0.2, -0.15) is 0 Å². The van der Waals surface area contributed by atoms with Gasteiger partial charge in [-0.3, -0.25) is 0 Å². The zero-order valence-corrected chi connectivity index (χ0v) is 19.1. The molecule has 0 bridgehead atoms. The summed E-state index contributed by atoms with van der Waals surface area (Å²) in [5.41, 5.74) is 1.59. The second kappa shape index (κ2) is 8.92. The monoisotopic (exact) mass is 443 g/mol. The molecule has 1 saturated carbocycles. The van der Waals surface area contributed by atoms with Crippen LogP contribution < -0.4 is 9.47 Å². The van der Waals surface area contributed by atoms with Crippen molar-refractivity contribution in [1.82, 2.24) is 14.9 Å². The van der Waals surface area contributed by atoms with E-state index in [-0.39, 0.29) is 29.2 Å². The zero-order valence-electron chi connectivity index (χ0n) is 19.1. The van der Waals surface area contributed by atoms with E-state index < -0.39 is 5.82 Å². The summed E-state index contributed by atoms with van der Waals surface area (Å²) in [4.78, 5) is 22.4. The highest BCUT2D eigenvalue weighted by atomic mass is 19.1. The first-order valence-electron chi connectivity index (χ1n) is 11.2. The lowest BCUT2D eigenvalue weighted by molar-refractivity contribution is 0.0586. The Balaban J connectivity index is 1.37. The number of rotatable bonds is 7. The Labute approximate surface area is 187 Å². The van der Waals surface area contributed by atoms with Crippen molar-refractivity contribution in [2.75, 3.05) is 19.7 Å². The molecule has 1 aliphatic heterocycles. The molecule has 1 aromatic heterocycles. The van der Waals surface area contributed by atoms with Crippen LogP contribution in [0.4, 0.5) is 9.18 Å². The van der Waals surface area contributed by atoms with Crippen molar-refractivity contribution in [2.45, 2.75) is 53.1 Å². The van der Waals surface area contributed by atoms with Crippen LogP contribution in [-0.4, -0.2) is 46.8 Å². The summed E-state index contributed by atoms with van der Waals surface area (Å²) in [5.74, 6) is 0.806. The number of aryl methyl sites for hydroxylation is 1. The molecular formula is C24H30FN3O4. The molecule has 8 heteroatoms. The molecule has 4 rings (SSSR count). The molecule has 2 aliphatic rings. The number of hydrogen-bond acceptors (Lipinski definition) is 6. The van der Waals surface area contributed by atoms with Crippen LogP contribution in [0.2, 0.25) is 0 Å². The number of nitrogens with zero attached hydrogens (tertiary/aromatic N) is 3. The van der Waals surface area contributed by atoms with E-state index >= 15 is 0 Å². The summed E-state index contributed by atoms with van der Waals surface area (Å²) in [7, 11) is 0. The fourth-order valence-corrected chi connectivity index (χ4v) is 4.23. The molecule has 2 fully saturated rings. The van der Waals surface area contributed by atoms with Crippen molar-refractivity contribution in [3.63, 3.8) is 0 Å². The van der Waals surface area contributed by atoms with E-state index in [0.29, 0.717) is 37.1 Å². The Hall–Kier alpha value is -2.90. The van der Waals surface area contributed by atoms with Gasteiger partial charge in [0.1, 0.15) is 6.33 Å². The van der Waals surface area contributed by atoms with E-state index in [1.807, 2.05) is 26.8 Å². The fraction of sp³-hybridized carbons (Fsp3) is 0.542. The molecule has 172 valence electrons. The van der Waals surface area contributed by atoms with Crippen molar-refractivity contribution in [2.24, 2.45) is 11.3 Å². The molecule has 1 aromatic carbocycles. The van der Waals surface area contributed by atoms with Gasteiger partial charge in [-0.25, -0.2) is 19.2 Å². The highest BCUT2D eigenvalue weighted by Crippen LogP contribution is 2.58. The molecule has 2 heterocycles. The number of benzene rings is 1. The van der Waals surface area contributed by atoms with Crippen molar-refractivity contribution >= 4 is 6.09 Å². The van der Waals surface area contributed by atoms with Gasteiger partial charge in [0.15, 0.2) is 11.6 Å². The van der Waals surface area contributed by atoms with Crippen LogP contribution in [0.1, 0.15) is 44.7 Å². The van der Waals surface area contributed by atoms with Crippen LogP contribution in [0.3, 0.4) is 0 Å². The first-order valence-corrected chi connectivity index (χ1v) is 11.2. The summed E-state index contributed by atoms with van der Waals surface area (Å²) >= 11 is 0. The molecule has 0 spiro atoms. The van der Waals surface area contributed by atoms with Crippen LogP contribution in [0.25, 0.3) is 0 Å². The van der Waals surface area contributed by atoms with Crippen LogP contribution >= 0.6 is 0 Å². The van der Waals surface area contributed by atoms with Crippen LogP contribution in [0.15, 0.2) is 24.5 Å². The molecule has 2 aromatic rings. The number of carbonyl (C=O) groups excluding carboxylic acids is 1. The maximum Gasteiger partial charge on any atom is 0.410 e. The minimum atomic E-state index is -0.424.